The lowest BCUT2D eigenvalue weighted by molar-refractivity contribution is 0.0604. The molecular weight excluding hydrogens is 266 g/mol. The highest BCUT2D eigenvalue weighted by Crippen LogP contribution is 2.19. The molecule has 2 rings (SSSR count). The van der Waals surface area contributed by atoms with Crippen LogP contribution in [0.2, 0.25) is 0 Å². The third-order valence-corrected chi connectivity index (χ3v) is 5.97. The van der Waals surface area contributed by atoms with E-state index in [-0.39, 0.29) is 18.2 Å². The molecule has 2 aliphatic heterocycles. The second-order valence-corrected chi connectivity index (χ2v) is 7.69. The van der Waals surface area contributed by atoms with Crippen molar-refractivity contribution in [1.29, 1.82) is 0 Å². The number of nitrogens with one attached hydrogen (secondary N) is 1. The molecular formula is C12H25N3O3S. The SMILES string of the molecule is CC1CCN(S(=O)(=O)CCN2CCNCC2)CC1O. The van der Waals surface area contributed by atoms with Gasteiger partial charge in [0, 0.05) is 45.8 Å². The summed E-state index contributed by atoms with van der Waals surface area (Å²) < 4.78 is 26.0. The number of aliphatic hydroxyl groups excluding tert-OH is 1. The molecule has 2 aliphatic rings. The van der Waals surface area contributed by atoms with E-state index in [1.54, 1.807) is 0 Å². The fourth-order valence-corrected chi connectivity index (χ4v) is 4.09. The number of hydrogen-bond donors (Lipinski definition) is 2. The van der Waals surface area contributed by atoms with Crippen LogP contribution in [0.15, 0.2) is 0 Å². The fourth-order valence-electron chi connectivity index (χ4n) is 2.58. The summed E-state index contributed by atoms with van der Waals surface area (Å²) in [4.78, 5) is 2.18. The van der Waals surface area contributed by atoms with Crippen LogP contribution in [0.25, 0.3) is 0 Å². The Kier molecular flexibility index (Phi) is 5.19. The van der Waals surface area contributed by atoms with E-state index in [4.69, 9.17) is 0 Å². The number of piperidine rings is 1. The van der Waals surface area contributed by atoms with Gasteiger partial charge in [-0.25, -0.2) is 8.42 Å². The molecule has 0 bridgehead atoms. The summed E-state index contributed by atoms with van der Waals surface area (Å²) >= 11 is 0. The Morgan fingerprint density at radius 1 is 1.26 bits per heavy atom. The van der Waals surface area contributed by atoms with Gasteiger partial charge in [-0.15, -0.1) is 0 Å². The molecule has 0 amide bonds. The van der Waals surface area contributed by atoms with E-state index in [1.807, 2.05) is 6.92 Å². The number of aliphatic hydroxyl groups is 1. The van der Waals surface area contributed by atoms with Crippen molar-refractivity contribution in [3.8, 4) is 0 Å². The van der Waals surface area contributed by atoms with Crippen LogP contribution in [0, 0.1) is 5.92 Å². The van der Waals surface area contributed by atoms with Crippen LogP contribution in [-0.4, -0.2) is 80.4 Å². The molecule has 2 saturated heterocycles. The largest absolute Gasteiger partial charge is 0.391 e. The van der Waals surface area contributed by atoms with Crippen molar-refractivity contribution in [1.82, 2.24) is 14.5 Å². The Morgan fingerprint density at radius 3 is 2.58 bits per heavy atom. The smallest absolute Gasteiger partial charge is 0.215 e. The predicted octanol–water partition coefficient (Wildman–Crippen LogP) is -1.08. The molecule has 0 aliphatic carbocycles. The lowest BCUT2D eigenvalue weighted by Crippen LogP contribution is -2.49. The lowest BCUT2D eigenvalue weighted by atomic mass is 9.98. The van der Waals surface area contributed by atoms with Crippen LogP contribution in [0.3, 0.4) is 0 Å². The number of nitrogens with zero attached hydrogens (tertiary/aromatic N) is 2. The second kappa shape index (κ2) is 6.49. The predicted molar refractivity (Wildman–Crippen MR) is 74.5 cm³/mol. The minimum atomic E-state index is -3.23. The Bertz CT molecular complexity index is 382. The van der Waals surface area contributed by atoms with Gasteiger partial charge in [-0.1, -0.05) is 6.92 Å². The van der Waals surface area contributed by atoms with Gasteiger partial charge in [-0.05, 0) is 12.3 Å². The van der Waals surface area contributed by atoms with E-state index in [0.717, 1.165) is 32.6 Å². The Hall–Kier alpha value is -0.210. The van der Waals surface area contributed by atoms with Gasteiger partial charge in [0.05, 0.1) is 11.9 Å². The molecule has 2 unspecified atom stereocenters. The van der Waals surface area contributed by atoms with Crippen LogP contribution >= 0.6 is 0 Å². The summed E-state index contributed by atoms with van der Waals surface area (Å²) in [6.07, 6.45) is 0.219. The molecule has 7 heteroatoms. The standard InChI is InChI=1S/C12H25N3O3S/c1-11-2-5-15(10-12(11)16)19(17,18)9-8-14-6-3-13-4-7-14/h11-13,16H,2-10H2,1H3. The van der Waals surface area contributed by atoms with Crippen molar-refractivity contribution in [2.24, 2.45) is 5.92 Å². The van der Waals surface area contributed by atoms with Crippen LogP contribution in [0.1, 0.15) is 13.3 Å². The molecule has 0 aromatic heterocycles. The van der Waals surface area contributed by atoms with Gasteiger partial charge in [0.1, 0.15) is 0 Å². The zero-order valence-electron chi connectivity index (χ0n) is 11.6. The molecule has 0 saturated carbocycles. The molecule has 6 nitrogen and oxygen atoms in total. The van der Waals surface area contributed by atoms with E-state index >= 15 is 0 Å². The monoisotopic (exact) mass is 291 g/mol. The molecule has 19 heavy (non-hydrogen) atoms. The minimum absolute atomic E-state index is 0.161. The third-order valence-electron chi connectivity index (χ3n) is 4.15. The number of rotatable bonds is 4. The number of β-amino-alcohol motifs (C(OH)–C–C–N with tert-alkyl or cyclic N) is 1. The van der Waals surface area contributed by atoms with Crippen molar-refractivity contribution in [2.45, 2.75) is 19.4 Å². The molecule has 0 spiro atoms. The molecule has 2 N–H and O–H groups in total. The fraction of sp³-hybridized carbons (Fsp3) is 1.00. The van der Waals surface area contributed by atoms with Gasteiger partial charge < -0.3 is 10.4 Å². The molecule has 2 atom stereocenters. The van der Waals surface area contributed by atoms with E-state index in [1.165, 1.54) is 4.31 Å². The van der Waals surface area contributed by atoms with Gasteiger partial charge in [0.2, 0.25) is 10.0 Å². The van der Waals surface area contributed by atoms with Crippen LogP contribution in [0.5, 0.6) is 0 Å². The first-order valence-corrected chi connectivity index (χ1v) is 8.69. The first kappa shape index (κ1) is 15.2. The van der Waals surface area contributed by atoms with Crippen molar-refractivity contribution >= 4 is 10.0 Å². The molecule has 0 aromatic carbocycles. The summed E-state index contributed by atoms with van der Waals surface area (Å²) in [6.45, 7) is 7.04. The zero-order chi connectivity index (χ0) is 13.9. The van der Waals surface area contributed by atoms with E-state index in [0.29, 0.717) is 13.1 Å². The van der Waals surface area contributed by atoms with E-state index < -0.39 is 16.1 Å². The Labute approximate surface area is 115 Å². The average molecular weight is 291 g/mol. The first-order chi connectivity index (χ1) is 8.99. The van der Waals surface area contributed by atoms with Gasteiger partial charge >= 0.3 is 0 Å². The van der Waals surface area contributed by atoms with Gasteiger partial charge in [0.25, 0.3) is 0 Å². The molecule has 2 fully saturated rings. The molecule has 0 radical (unpaired) electrons. The highest BCUT2D eigenvalue weighted by molar-refractivity contribution is 7.89. The normalized spacial score (nSPS) is 31.5. The second-order valence-electron chi connectivity index (χ2n) is 5.60. The van der Waals surface area contributed by atoms with Crippen molar-refractivity contribution in [2.75, 3.05) is 51.6 Å². The van der Waals surface area contributed by atoms with E-state index in [9.17, 15) is 13.5 Å². The van der Waals surface area contributed by atoms with E-state index in [2.05, 4.69) is 10.2 Å². The molecule has 2 heterocycles. The number of hydrogen-bond acceptors (Lipinski definition) is 5. The summed E-state index contributed by atoms with van der Waals surface area (Å²) in [6, 6.07) is 0. The quantitative estimate of drug-likeness (QED) is 0.690. The first-order valence-electron chi connectivity index (χ1n) is 7.08. The highest BCUT2D eigenvalue weighted by Gasteiger charge is 2.31. The van der Waals surface area contributed by atoms with Crippen LogP contribution in [0.4, 0.5) is 0 Å². The van der Waals surface area contributed by atoms with Gasteiger partial charge in [-0.2, -0.15) is 4.31 Å². The summed E-state index contributed by atoms with van der Waals surface area (Å²) in [7, 11) is -3.23. The maximum Gasteiger partial charge on any atom is 0.215 e. The summed E-state index contributed by atoms with van der Waals surface area (Å²) in [5.41, 5.74) is 0. The highest BCUT2D eigenvalue weighted by atomic mass is 32.2. The van der Waals surface area contributed by atoms with Gasteiger partial charge in [0.15, 0.2) is 0 Å². The average Bonchev–Trinajstić information content (AvgIpc) is 2.41. The molecule has 112 valence electrons. The third kappa shape index (κ3) is 4.13. The van der Waals surface area contributed by atoms with Crippen molar-refractivity contribution in [3.05, 3.63) is 0 Å². The summed E-state index contributed by atoms with van der Waals surface area (Å²) in [5.74, 6) is 0.355. The van der Waals surface area contributed by atoms with Crippen LogP contribution in [-0.2, 0) is 10.0 Å². The Morgan fingerprint density at radius 2 is 1.95 bits per heavy atom. The minimum Gasteiger partial charge on any atom is -0.391 e. The van der Waals surface area contributed by atoms with Gasteiger partial charge in [-0.3, -0.25) is 4.90 Å². The Balaban J connectivity index is 1.84. The maximum absolute atomic E-state index is 12.3. The van der Waals surface area contributed by atoms with Crippen molar-refractivity contribution in [3.63, 3.8) is 0 Å². The van der Waals surface area contributed by atoms with Crippen LogP contribution < -0.4 is 5.32 Å². The lowest BCUT2D eigenvalue weighted by Gasteiger charge is -2.34. The topological polar surface area (TPSA) is 72.9 Å². The number of sulfonamides is 1. The summed E-state index contributed by atoms with van der Waals surface area (Å²) in [5, 5.41) is 13.1. The number of piperazine rings is 1. The molecule has 0 aromatic rings. The zero-order valence-corrected chi connectivity index (χ0v) is 12.4. The van der Waals surface area contributed by atoms with Crippen molar-refractivity contribution < 1.29 is 13.5 Å². The maximum atomic E-state index is 12.3.